The Labute approximate surface area is 145 Å². The molecule has 0 radical (unpaired) electrons. The molecular weight excluding hydrogens is 298 g/mol. The normalized spacial score (nSPS) is 11.6. The van der Waals surface area contributed by atoms with Gasteiger partial charge in [-0.25, -0.2) is 0 Å². The highest BCUT2D eigenvalue weighted by molar-refractivity contribution is 5.92. The van der Waals surface area contributed by atoms with E-state index in [-0.39, 0.29) is 11.3 Å². The molecule has 24 heavy (non-hydrogen) atoms. The van der Waals surface area contributed by atoms with Crippen molar-refractivity contribution in [1.29, 1.82) is 0 Å². The lowest BCUT2D eigenvalue weighted by Crippen LogP contribution is -2.27. The summed E-state index contributed by atoms with van der Waals surface area (Å²) < 4.78 is 1.66. The van der Waals surface area contributed by atoms with Gasteiger partial charge in [0.25, 0.3) is 5.91 Å². The Morgan fingerprint density at radius 1 is 1.12 bits per heavy atom. The molecule has 0 bridgehead atoms. The predicted octanol–water partition coefficient (Wildman–Crippen LogP) is 3.62. The Bertz CT molecular complexity index is 728. The minimum absolute atomic E-state index is 0.0631. The second kappa shape index (κ2) is 6.80. The van der Waals surface area contributed by atoms with Gasteiger partial charge in [0, 0.05) is 19.0 Å². The summed E-state index contributed by atoms with van der Waals surface area (Å²) in [5.74, 6) is -0.0667. The van der Waals surface area contributed by atoms with Crippen molar-refractivity contribution in [1.82, 2.24) is 15.1 Å². The number of carbonyl (C=O) groups is 1. The molecule has 0 saturated carbocycles. The maximum absolute atomic E-state index is 12.4. The number of hydrogen-bond donors (Lipinski definition) is 1. The molecule has 0 unspecified atom stereocenters. The molecule has 1 aromatic heterocycles. The number of aromatic nitrogens is 2. The molecule has 1 heterocycles. The molecule has 0 spiro atoms. The molecule has 1 N–H and O–H groups in total. The minimum Gasteiger partial charge on any atom is -0.350 e. The van der Waals surface area contributed by atoms with Crippen molar-refractivity contribution in [2.24, 2.45) is 7.05 Å². The lowest BCUT2D eigenvalue weighted by Gasteiger charge is -2.13. The second-order valence-corrected chi connectivity index (χ2v) is 7.67. The van der Waals surface area contributed by atoms with Crippen LogP contribution in [0, 0.1) is 20.8 Å². The summed E-state index contributed by atoms with van der Waals surface area (Å²) >= 11 is 0. The molecule has 0 aliphatic carbocycles. The molecule has 2 aromatic rings. The van der Waals surface area contributed by atoms with Crippen LogP contribution >= 0.6 is 0 Å². The van der Waals surface area contributed by atoms with Gasteiger partial charge in [0.2, 0.25) is 0 Å². The molecule has 0 fully saturated rings. The minimum atomic E-state index is -0.0667. The summed E-state index contributed by atoms with van der Waals surface area (Å²) in [7, 11) is 1.82. The van der Waals surface area contributed by atoms with Crippen molar-refractivity contribution in [2.45, 2.75) is 53.4 Å². The van der Waals surface area contributed by atoms with Crippen molar-refractivity contribution in [2.75, 3.05) is 6.54 Å². The van der Waals surface area contributed by atoms with E-state index < -0.39 is 0 Å². The molecule has 0 atom stereocenters. The van der Waals surface area contributed by atoms with Crippen molar-refractivity contribution in [3.05, 3.63) is 51.8 Å². The summed E-state index contributed by atoms with van der Waals surface area (Å²) in [6.07, 6.45) is 0.841. The van der Waals surface area contributed by atoms with Gasteiger partial charge in [-0.1, -0.05) is 38.5 Å². The maximum Gasteiger partial charge on any atom is 0.269 e. The smallest absolute Gasteiger partial charge is 0.269 e. The Morgan fingerprint density at radius 3 is 2.21 bits per heavy atom. The van der Waals surface area contributed by atoms with Gasteiger partial charge in [0.05, 0.1) is 5.69 Å². The van der Waals surface area contributed by atoms with Gasteiger partial charge in [0.15, 0.2) is 0 Å². The van der Waals surface area contributed by atoms with Crippen LogP contribution in [0.3, 0.4) is 0 Å². The summed E-state index contributed by atoms with van der Waals surface area (Å²) in [6, 6.07) is 6.28. The fraction of sp³-hybridized carbons (Fsp3) is 0.500. The Hall–Kier alpha value is -2.10. The summed E-state index contributed by atoms with van der Waals surface area (Å²) in [5, 5.41) is 7.49. The van der Waals surface area contributed by atoms with Crippen LogP contribution in [-0.2, 0) is 18.9 Å². The molecule has 0 saturated heterocycles. The molecule has 4 heteroatoms. The first kappa shape index (κ1) is 18.2. The number of benzene rings is 1. The zero-order valence-corrected chi connectivity index (χ0v) is 15.9. The molecule has 1 amide bonds. The maximum atomic E-state index is 12.4. The topological polar surface area (TPSA) is 46.9 Å². The number of aryl methyl sites for hydroxylation is 4. The second-order valence-electron chi connectivity index (χ2n) is 7.67. The molecule has 1 aromatic carbocycles. The van der Waals surface area contributed by atoms with Crippen LogP contribution in [0.25, 0.3) is 0 Å². The van der Waals surface area contributed by atoms with E-state index in [2.05, 4.69) is 64.1 Å². The Balaban J connectivity index is 2.03. The van der Waals surface area contributed by atoms with Crippen LogP contribution in [0.5, 0.6) is 0 Å². The highest BCUT2D eigenvalue weighted by Gasteiger charge is 2.21. The van der Waals surface area contributed by atoms with Crippen LogP contribution in [0.2, 0.25) is 0 Å². The number of amides is 1. The fourth-order valence-corrected chi connectivity index (χ4v) is 3.04. The van der Waals surface area contributed by atoms with Crippen LogP contribution < -0.4 is 5.32 Å². The first-order chi connectivity index (χ1) is 11.1. The zero-order chi connectivity index (χ0) is 18.1. The van der Waals surface area contributed by atoms with Gasteiger partial charge in [-0.2, -0.15) is 5.10 Å². The van der Waals surface area contributed by atoms with Crippen LogP contribution in [0.1, 0.15) is 59.2 Å². The van der Waals surface area contributed by atoms with Crippen molar-refractivity contribution >= 4 is 5.91 Å². The lowest BCUT2D eigenvalue weighted by atomic mass is 9.92. The van der Waals surface area contributed by atoms with E-state index in [0.717, 1.165) is 12.1 Å². The van der Waals surface area contributed by atoms with E-state index in [9.17, 15) is 4.79 Å². The third-order valence-electron chi connectivity index (χ3n) is 4.38. The number of hydrogen-bond acceptors (Lipinski definition) is 2. The molecule has 2 rings (SSSR count). The van der Waals surface area contributed by atoms with Crippen molar-refractivity contribution in [3.8, 4) is 0 Å². The lowest BCUT2D eigenvalue weighted by molar-refractivity contribution is 0.0944. The number of nitrogens with one attached hydrogen (secondary N) is 1. The highest BCUT2D eigenvalue weighted by atomic mass is 16.2. The average molecular weight is 327 g/mol. The van der Waals surface area contributed by atoms with Gasteiger partial charge >= 0.3 is 0 Å². The third kappa shape index (κ3) is 4.05. The molecule has 4 nitrogen and oxygen atoms in total. The van der Waals surface area contributed by atoms with Crippen molar-refractivity contribution in [3.63, 3.8) is 0 Å². The molecular formula is C20H29N3O. The highest BCUT2D eigenvalue weighted by Crippen LogP contribution is 2.21. The summed E-state index contributed by atoms with van der Waals surface area (Å²) in [6.45, 7) is 13.3. The Morgan fingerprint density at radius 2 is 1.71 bits per heavy atom. The van der Waals surface area contributed by atoms with Gasteiger partial charge in [-0.15, -0.1) is 0 Å². The summed E-state index contributed by atoms with van der Waals surface area (Å²) in [4.78, 5) is 12.4. The van der Waals surface area contributed by atoms with E-state index in [1.807, 2.05) is 13.1 Å². The van der Waals surface area contributed by atoms with Gasteiger partial charge < -0.3 is 5.32 Å². The third-order valence-corrected chi connectivity index (χ3v) is 4.38. The van der Waals surface area contributed by atoms with E-state index in [1.54, 1.807) is 4.68 Å². The monoisotopic (exact) mass is 327 g/mol. The van der Waals surface area contributed by atoms with E-state index in [1.165, 1.54) is 22.3 Å². The zero-order valence-electron chi connectivity index (χ0n) is 15.9. The largest absolute Gasteiger partial charge is 0.350 e. The first-order valence-electron chi connectivity index (χ1n) is 8.49. The van der Waals surface area contributed by atoms with Crippen LogP contribution in [0.15, 0.2) is 18.2 Å². The van der Waals surface area contributed by atoms with Crippen LogP contribution in [0.4, 0.5) is 0 Å². The number of nitrogens with zero attached hydrogens (tertiary/aromatic N) is 2. The Kier molecular flexibility index (Phi) is 5.16. The quantitative estimate of drug-likeness (QED) is 0.932. The average Bonchev–Trinajstić information content (AvgIpc) is 2.83. The first-order valence-corrected chi connectivity index (χ1v) is 8.49. The van der Waals surface area contributed by atoms with Crippen LogP contribution in [-0.4, -0.2) is 22.2 Å². The van der Waals surface area contributed by atoms with Crippen molar-refractivity contribution < 1.29 is 4.79 Å². The van der Waals surface area contributed by atoms with E-state index in [0.29, 0.717) is 12.2 Å². The van der Waals surface area contributed by atoms with Gasteiger partial charge in [-0.05, 0) is 49.9 Å². The van der Waals surface area contributed by atoms with E-state index in [4.69, 9.17) is 0 Å². The SMILES string of the molecule is Cc1cc(C)c(CCNC(=O)c2cc(C(C)(C)C)nn2C)c(C)c1. The number of carbonyl (C=O) groups excluding carboxylic acids is 1. The predicted molar refractivity (Wildman–Crippen MR) is 98.6 cm³/mol. The van der Waals surface area contributed by atoms with Gasteiger partial charge in [0.1, 0.15) is 5.69 Å². The van der Waals surface area contributed by atoms with E-state index >= 15 is 0 Å². The molecule has 130 valence electrons. The number of rotatable bonds is 4. The molecule has 0 aliphatic rings. The fourth-order valence-electron chi connectivity index (χ4n) is 3.04. The van der Waals surface area contributed by atoms with Gasteiger partial charge in [-0.3, -0.25) is 9.48 Å². The molecule has 0 aliphatic heterocycles. The standard InChI is InChI=1S/C20H29N3O/c1-13-10-14(2)16(15(3)11-13)8-9-21-19(24)17-12-18(20(4,5)6)22-23(17)7/h10-12H,8-9H2,1-7H3,(H,21,24). The summed E-state index contributed by atoms with van der Waals surface area (Å²) in [5.41, 5.74) is 6.66.